The number of carbonyl (C=O) groups is 1. The van der Waals surface area contributed by atoms with Crippen molar-refractivity contribution in [3.05, 3.63) is 34.1 Å². The zero-order chi connectivity index (χ0) is 11.9. The van der Waals surface area contributed by atoms with Gasteiger partial charge in [0, 0.05) is 6.07 Å². The molecule has 0 saturated carbocycles. The van der Waals surface area contributed by atoms with E-state index in [-0.39, 0.29) is 22.3 Å². The first-order valence-electron chi connectivity index (χ1n) is 4.21. The van der Waals surface area contributed by atoms with Gasteiger partial charge in [0.1, 0.15) is 0 Å². The molecule has 0 bridgehead atoms. The average Bonchev–Trinajstić information content (AvgIpc) is 2.56. The van der Waals surface area contributed by atoms with Gasteiger partial charge < -0.3 is 15.3 Å². The second-order valence-corrected chi connectivity index (χ2v) is 3.06. The Labute approximate surface area is 88.2 Å². The molecule has 0 radical (unpaired) electrons. The summed E-state index contributed by atoms with van der Waals surface area (Å²) in [5.41, 5.74) is 4.98. The molecule has 0 atom stereocenters. The van der Waals surface area contributed by atoms with E-state index in [0.717, 1.165) is 0 Å². The molecule has 0 aliphatic heterocycles. The summed E-state index contributed by atoms with van der Waals surface area (Å²) in [6.45, 7) is 0. The number of carboxylic acids is 1. The SMILES string of the molecule is Nc1c(C(=O)O)oc2c([N+](=O)[O-])cccc12. The lowest BCUT2D eigenvalue weighted by molar-refractivity contribution is -0.383. The number of fused-ring (bicyclic) bond motifs is 1. The molecule has 82 valence electrons. The molecule has 16 heavy (non-hydrogen) atoms. The van der Waals surface area contributed by atoms with Crippen molar-refractivity contribution in [2.75, 3.05) is 5.73 Å². The van der Waals surface area contributed by atoms with Crippen LogP contribution in [0.15, 0.2) is 22.6 Å². The fourth-order valence-corrected chi connectivity index (χ4v) is 1.43. The largest absolute Gasteiger partial charge is 0.475 e. The van der Waals surface area contributed by atoms with Gasteiger partial charge in [0.15, 0.2) is 0 Å². The minimum absolute atomic E-state index is 0.105. The number of benzene rings is 1. The van der Waals surface area contributed by atoms with Crippen molar-refractivity contribution >= 4 is 28.3 Å². The van der Waals surface area contributed by atoms with Gasteiger partial charge in [0.05, 0.1) is 16.0 Å². The number of non-ortho nitro benzene ring substituents is 1. The Kier molecular flexibility index (Phi) is 2.01. The summed E-state index contributed by atoms with van der Waals surface area (Å²) in [4.78, 5) is 20.7. The van der Waals surface area contributed by atoms with Crippen LogP contribution in [-0.2, 0) is 0 Å². The van der Waals surface area contributed by atoms with E-state index in [9.17, 15) is 14.9 Å². The van der Waals surface area contributed by atoms with Crippen LogP contribution in [-0.4, -0.2) is 16.0 Å². The third-order valence-electron chi connectivity index (χ3n) is 2.12. The van der Waals surface area contributed by atoms with Crippen LogP contribution >= 0.6 is 0 Å². The van der Waals surface area contributed by atoms with E-state index in [1.807, 2.05) is 0 Å². The molecule has 1 aromatic heterocycles. The average molecular weight is 222 g/mol. The number of rotatable bonds is 2. The van der Waals surface area contributed by atoms with Crippen molar-refractivity contribution in [2.45, 2.75) is 0 Å². The number of carboxylic acid groups (broad SMARTS) is 1. The molecule has 0 fully saturated rings. The van der Waals surface area contributed by atoms with Crippen LogP contribution in [0.4, 0.5) is 11.4 Å². The van der Waals surface area contributed by atoms with Crippen LogP contribution in [0.3, 0.4) is 0 Å². The van der Waals surface area contributed by atoms with Gasteiger partial charge >= 0.3 is 11.7 Å². The molecule has 1 heterocycles. The fourth-order valence-electron chi connectivity index (χ4n) is 1.43. The van der Waals surface area contributed by atoms with Gasteiger partial charge in [0.2, 0.25) is 11.3 Å². The Morgan fingerprint density at radius 2 is 2.19 bits per heavy atom. The molecule has 0 aliphatic rings. The van der Waals surface area contributed by atoms with Gasteiger partial charge in [-0.1, -0.05) is 6.07 Å². The predicted molar refractivity (Wildman–Crippen MR) is 54.2 cm³/mol. The summed E-state index contributed by atoms with van der Waals surface area (Å²) in [5, 5.41) is 19.6. The fraction of sp³-hybridized carbons (Fsp3) is 0. The standard InChI is InChI=1S/C9H6N2O5/c10-6-4-2-1-3-5(11(14)15)7(4)16-8(6)9(12)13/h1-3H,10H2,(H,12,13). The molecular weight excluding hydrogens is 216 g/mol. The molecule has 0 aliphatic carbocycles. The molecule has 0 spiro atoms. The van der Waals surface area contributed by atoms with Crippen molar-refractivity contribution in [2.24, 2.45) is 0 Å². The van der Waals surface area contributed by atoms with Crippen molar-refractivity contribution in [3.8, 4) is 0 Å². The number of hydrogen-bond acceptors (Lipinski definition) is 5. The molecule has 1 aromatic carbocycles. The van der Waals surface area contributed by atoms with E-state index in [4.69, 9.17) is 15.3 Å². The number of anilines is 1. The summed E-state index contributed by atoms with van der Waals surface area (Å²) in [6, 6.07) is 4.10. The number of nitro groups is 1. The van der Waals surface area contributed by atoms with Gasteiger partial charge in [-0.15, -0.1) is 0 Å². The van der Waals surface area contributed by atoms with E-state index < -0.39 is 16.7 Å². The zero-order valence-electron chi connectivity index (χ0n) is 7.84. The highest BCUT2D eigenvalue weighted by Gasteiger charge is 2.23. The molecule has 0 unspecified atom stereocenters. The highest BCUT2D eigenvalue weighted by molar-refractivity contribution is 6.04. The number of nitrogens with two attached hydrogens (primary N) is 1. The molecular formula is C9H6N2O5. The molecule has 2 aromatic rings. The molecule has 0 amide bonds. The van der Waals surface area contributed by atoms with Crippen LogP contribution in [0.1, 0.15) is 10.6 Å². The predicted octanol–water partition coefficient (Wildman–Crippen LogP) is 1.62. The van der Waals surface area contributed by atoms with Crippen LogP contribution in [0, 0.1) is 10.1 Å². The highest BCUT2D eigenvalue weighted by Crippen LogP contribution is 2.34. The number of hydrogen-bond donors (Lipinski definition) is 2. The maximum absolute atomic E-state index is 10.7. The number of furan rings is 1. The van der Waals surface area contributed by atoms with Crippen molar-refractivity contribution in [1.82, 2.24) is 0 Å². The first kappa shape index (κ1) is 9.97. The van der Waals surface area contributed by atoms with Gasteiger partial charge in [-0.2, -0.15) is 0 Å². The van der Waals surface area contributed by atoms with E-state index >= 15 is 0 Å². The summed E-state index contributed by atoms with van der Waals surface area (Å²) < 4.78 is 4.89. The van der Waals surface area contributed by atoms with E-state index in [0.29, 0.717) is 0 Å². The van der Waals surface area contributed by atoms with Crippen molar-refractivity contribution < 1.29 is 19.2 Å². The van der Waals surface area contributed by atoms with Crippen LogP contribution in [0.5, 0.6) is 0 Å². The minimum atomic E-state index is -1.36. The van der Waals surface area contributed by atoms with Gasteiger partial charge in [0.25, 0.3) is 0 Å². The molecule has 0 saturated heterocycles. The number of nitrogen functional groups attached to an aromatic ring is 1. The quantitative estimate of drug-likeness (QED) is 0.588. The second kappa shape index (κ2) is 3.23. The van der Waals surface area contributed by atoms with Crippen LogP contribution in [0.25, 0.3) is 11.0 Å². The number of nitrogens with zero attached hydrogens (tertiary/aromatic N) is 1. The first-order chi connectivity index (χ1) is 7.52. The summed E-state index contributed by atoms with van der Waals surface area (Å²) >= 11 is 0. The summed E-state index contributed by atoms with van der Waals surface area (Å²) in [6.07, 6.45) is 0. The zero-order valence-corrected chi connectivity index (χ0v) is 7.84. The Hall–Kier alpha value is -2.57. The minimum Gasteiger partial charge on any atom is -0.475 e. The maximum atomic E-state index is 10.7. The van der Waals surface area contributed by atoms with E-state index in [1.54, 1.807) is 0 Å². The molecule has 7 heteroatoms. The topological polar surface area (TPSA) is 120 Å². The first-order valence-corrected chi connectivity index (χ1v) is 4.21. The summed E-state index contributed by atoms with van der Waals surface area (Å²) in [5.74, 6) is -1.84. The molecule has 2 rings (SSSR count). The Morgan fingerprint density at radius 3 is 2.75 bits per heavy atom. The number of nitro benzene ring substituents is 1. The number of aromatic carboxylic acids is 1. The van der Waals surface area contributed by atoms with Gasteiger partial charge in [-0.05, 0) is 6.07 Å². The molecule has 7 nitrogen and oxygen atoms in total. The number of para-hydroxylation sites is 1. The lowest BCUT2D eigenvalue weighted by Crippen LogP contribution is -1.98. The van der Waals surface area contributed by atoms with Crippen molar-refractivity contribution in [1.29, 1.82) is 0 Å². The third-order valence-corrected chi connectivity index (χ3v) is 2.12. The van der Waals surface area contributed by atoms with E-state index in [1.165, 1.54) is 18.2 Å². The normalized spacial score (nSPS) is 10.5. The second-order valence-electron chi connectivity index (χ2n) is 3.06. The monoisotopic (exact) mass is 222 g/mol. The lowest BCUT2D eigenvalue weighted by Gasteiger charge is -1.91. The van der Waals surface area contributed by atoms with E-state index in [2.05, 4.69) is 0 Å². The lowest BCUT2D eigenvalue weighted by atomic mass is 10.2. The maximum Gasteiger partial charge on any atom is 0.374 e. The summed E-state index contributed by atoms with van der Waals surface area (Å²) in [7, 11) is 0. The van der Waals surface area contributed by atoms with Crippen LogP contribution in [0.2, 0.25) is 0 Å². The Bertz CT molecular complexity index is 601. The van der Waals surface area contributed by atoms with Gasteiger partial charge in [-0.25, -0.2) is 4.79 Å². The Balaban J connectivity index is 2.85. The van der Waals surface area contributed by atoms with Crippen LogP contribution < -0.4 is 5.73 Å². The smallest absolute Gasteiger partial charge is 0.374 e. The third kappa shape index (κ3) is 1.26. The highest BCUT2D eigenvalue weighted by atomic mass is 16.6. The molecule has 3 N–H and O–H groups in total. The van der Waals surface area contributed by atoms with Gasteiger partial charge in [-0.3, -0.25) is 10.1 Å². The Morgan fingerprint density at radius 1 is 1.50 bits per heavy atom. The van der Waals surface area contributed by atoms with Crippen molar-refractivity contribution in [3.63, 3.8) is 0 Å².